The monoisotopic (exact) mass is 340 g/mol. The van der Waals surface area contributed by atoms with Gasteiger partial charge in [-0.15, -0.1) is 0 Å². The van der Waals surface area contributed by atoms with E-state index in [0.29, 0.717) is 17.7 Å². The van der Waals surface area contributed by atoms with E-state index in [1.807, 2.05) is 0 Å². The van der Waals surface area contributed by atoms with Gasteiger partial charge in [-0.2, -0.15) is 13.9 Å². The van der Waals surface area contributed by atoms with E-state index in [2.05, 4.69) is 15.1 Å². The summed E-state index contributed by atoms with van der Waals surface area (Å²) in [7, 11) is 0. The normalized spacial score (nSPS) is 25.2. The maximum atomic E-state index is 14.7. The average Bonchev–Trinajstić information content (AvgIpc) is 2.80. The molecule has 0 fully saturated rings. The number of amides is 1. The molecule has 0 spiro atoms. The molecular weight excluding hydrogens is 322 g/mol. The summed E-state index contributed by atoms with van der Waals surface area (Å²) in [6, 6.07) is -0.304. The maximum Gasteiger partial charge on any atom is 0.407 e. The van der Waals surface area contributed by atoms with Crippen molar-refractivity contribution in [3.8, 4) is 0 Å². The van der Waals surface area contributed by atoms with Crippen molar-refractivity contribution in [2.75, 3.05) is 6.54 Å². The van der Waals surface area contributed by atoms with Gasteiger partial charge >= 0.3 is 6.09 Å². The molecule has 0 radical (unpaired) electrons. The highest BCUT2D eigenvalue weighted by Crippen LogP contribution is 2.42. The molecule has 0 saturated heterocycles. The van der Waals surface area contributed by atoms with Gasteiger partial charge in [0.1, 0.15) is 5.69 Å². The van der Waals surface area contributed by atoms with Crippen LogP contribution in [0.25, 0.3) is 10.4 Å². The maximum absolute atomic E-state index is 14.7. The van der Waals surface area contributed by atoms with Crippen LogP contribution >= 0.6 is 0 Å². The topological polar surface area (TPSA) is 107 Å². The zero-order valence-electron chi connectivity index (χ0n) is 13.2. The number of halogens is 2. The molecule has 1 aromatic rings. The predicted octanol–water partition coefficient (Wildman–Crippen LogP) is 3.12. The van der Waals surface area contributed by atoms with Gasteiger partial charge in [0.2, 0.25) is 0 Å². The third kappa shape index (κ3) is 2.77. The van der Waals surface area contributed by atoms with E-state index in [1.165, 1.54) is 9.58 Å². The number of azide groups is 1. The van der Waals surface area contributed by atoms with Crippen LogP contribution in [-0.4, -0.2) is 38.5 Å². The van der Waals surface area contributed by atoms with Gasteiger partial charge in [-0.1, -0.05) is 5.11 Å². The van der Waals surface area contributed by atoms with Gasteiger partial charge in [-0.3, -0.25) is 4.68 Å². The number of rotatable bonds is 2. The van der Waals surface area contributed by atoms with E-state index in [-0.39, 0.29) is 50.1 Å². The van der Waals surface area contributed by atoms with Crippen LogP contribution in [0, 0.1) is 5.92 Å². The van der Waals surface area contributed by atoms with Gasteiger partial charge in [0.25, 0.3) is 5.92 Å². The van der Waals surface area contributed by atoms with Gasteiger partial charge in [0.05, 0.1) is 12.2 Å². The molecule has 3 heterocycles. The van der Waals surface area contributed by atoms with Gasteiger partial charge in [-0.25, -0.2) is 4.79 Å². The zero-order chi connectivity index (χ0) is 17.5. The van der Waals surface area contributed by atoms with Crippen LogP contribution < -0.4 is 0 Å². The van der Waals surface area contributed by atoms with Crippen LogP contribution in [0.2, 0.25) is 0 Å². The molecule has 8 nitrogen and oxygen atoms in total. The number of fused-ring (bicyclic) bond motifs is 3. The quantitative estimate of drug-likeness (QED) is 0.507. The summed E-state index contributed by atoms with van der Waals surface area (Å²) in [5.74, 6) is -3.28. The van der Waals surface area contributed by atoms with Crippen molar-refractivity contribution in [3.63, 3.8) is 0 Å². The molecule has 0 aromatic carbocycles. The lowest BCUT2D eigenvalue weighted by atomic mass is 9.96. The molecule has 1 amide bonds. The Bertz CT molecular complexity index is 712. The number of carboxylic acid groups (broad SMARTS) is 1. The lowest BCUT2D eigenvalue weighted by Crippen LogP contribution is -2.42. The minimum Gasteiger partial charge on any atom is -0.465 e. The number of hydrogen-bond donors (Lipinski definition) is 1. The molecule has 0 bridgehead atoms. The second-order valence-electron chi connectivity index (χ2n) is 6.44. The average molecular weight is 340 g/mol. The highest BCUT2D eigenvalue weighted by molar-refractivity contribution is 5.66. The van der Waals surface area contributed by atoms with Gasteiger partial charge in [0.15, 0.2) is 0 Å². The Balaban J connectivity index is 2.01. The van der Waals surface area contributed by atoms with Crippen LogP contribution in [-0.2, 0) is 25.4 Å². The first-order valence-electron chi connectivity index (χ1n) is 7.80. The van der Waals surface area contributed by atoms with E-state index < -0.39 is 12.0 Å². The predicted molar refractivity (Wildman–Crippen MR) is 79.6 cm³/mol. The standard InChI is InChI=1S/C14H18F2N6O2/c1-8-4-11-10(7-21(8)13(23)24)12-14(15,16)3-2-9(5-18-20-17)6-22(12)19-11/h8-9H,2-7H2,1H3,(H,23,24). The highest BCUT2D eigenvalue weighted by atomic mass is 19.3. The van der Waals surface area contributed by atoms with E-state index >= 15 is 0 Å². The smallest absolute Gasteiger partial charge is 0.407 e. The first kappa shape index (κ1) is 16.5. The molecule has 2 aliphatic rings. The first-order valence-corrected chi connectivity index (χ1v) is 7.80. The van der Waals surface area contributed by atoms with Crippen molar-refractivity contribution < 1.29 is 18.7 Å². The number of alkyl halides is 2. The van der Waals surface area contributed by atoms with Crippen molar-refractivity contribution in [1.82, 2.24) is 14.7 Å². The SMILES string of the molecule is CC1Cc2nn3c(c2CN1C(=O)O)C(F)(F)CCC(CN=[N+]=[N-])C3. The first-order chi connectivity index (χ1) is 11.3. The van der Waals surface area contributed by atoms with Gasteiger partial charge in [0, 0.05) is 42.4 Å². The number of carbonyl (C=O) groups is 1. The summed E-state index contributed by atoms with van der Waals surface area (Å²) < 4.78 is 30.6. The minimum atomic E-state index is -3.07. The van der Waals surface area contributed by atoms with E-state index in [0.717, 1.165) is 0 Å². The summed E-state index contributed by atoms with van der Waals surface area (Å²) in [6.45, 7) is 2.06. The summed E-state index contributed by atoms with van der Waals surface area (Å²) in [6.07, 6.45) is -0.937. The molecule has 130 valence electrons. The Morgan fingerprint density at radius 1 is 1.58 bits per heavy atom. The fraction of sp³-hybridized carbons (Fsp3) is 0.714. The van der Waals surface area contributed by atoms with E-state index in [9.17, 15) is 18.7 Å². The lowest BCUT2D eigenvalue weighted by molar-refractivity contribution is -0.0220. The van der Waals surface area contributed by atoms with Gasteiger partial charge < -0.3 is 10.0 Å². The molecular formula is C14H18F2N6O2. The Hall–Kier alpha value is -2.35. The molecule has 1 aromatic heterocycles. The Morgan fingerprint density at radius 3 is 3.00 bits per heavy atom. The number of aromatic nitrogens is 2. The Kier molecular flexibility index (Phi) is 4.08. The van der Waals surface area contributed by atoms with Crippen molar-refractivity contribution in [3.05, 3.63) is 27.4 Å². The summed E-state index contributed by atoms with van der Waals surface area (Å²) in [5, 5.41) is 17.1. The number of hydrogen-bond acceptors (Lipinski definition) is 3. The fourth-order valence-corrected chi connectivity index (χ4v) is 3.53. The zero-order valence-corrected chi connectivity index (χ0v) is 13.2. The van der Waals surface area contributed by atoms with Crippen LogP contribution in [0.15, 0.2) is 5.11 Å². The van der Waals surface area contributed by atoms with E-state index in [4.69, 9.17) is 5.53 Å². The Morgan fingerprint density at radius 2 is 2.33 bits per heavy atom. The highest BCUT2D eigenvalue weighted by Gasteiger charge is 2.44. The molecule has 2 atom stereocenters. The molecule has 24 heavy (non-hydrogen) atoms. The van der Waals surface area contributed by atoms with Crippen LogP contribution in [0.4, 0.5) is 13.6 Å². The van der Waals surface area contributed by atoms with Crippen molar-refractivity contribution in [2.24, 2.45) is 11.0 Å². The van der Waals surface area contributed by atoms with E-state index in [1.54, 1.807) is 6.92 Å². The molecule has 2 unspecified atom stereocenters. The van der Waals surface area contributed by atoms with Crippen LogP contribution in [0.1, 0.15) is 36.7 Å². The molecule has 0 aliphatic carbocycles. The molecule has 2 aliphatic heterocycles. The summed E-state index contributed by atoms with van der Waals surface area (Å²) >= 11 is 0. The molecule has 10 heteroatoms. The summed E-state index contributed by atoms with van der Waals surface area (Å²) in [5.41, 5.74) is 9.12. The number of nitrogens with zero attached hydrogens (tertiary/aromatic N) is 6. The third-order valence-corrected chi connectivity index (χ3v) is 4.78. The van der Waals surface area contributed by atoms with Crippen molar-refractivity contribution in [1.29, 1.82) is 0 Å². The third-order valence-electron chi connectivity index (χ3n) is 4.78. The summed E-state index contributed by atoms with van der Waals surface area (Å²) in [4.78, 5) is 15.2. The lowest BCUT2D eigenvalue weighted by Gasteiger charge is -2.31. The molecule has 0 saturated carbocycles. The minimum absolute atomic E-state index is 0.0717. The second kappa shape index (κ2) is 5.94. The van der Waals surface area contributed by atoms with Crippen LogP contribution in [0.5, 0.6) is 0 Å². The second-order valence-corrected chi connectivity index (χ2v) is 6.44. The molecule has 3 rings (SSSR count). The van der Waals surface area contributed by atoms with Crippen molar-refractivity contribution >= 4 is 6.09 Å². The van der Waals surface area contributed by atoms with Crippen LogP contribution in [0.3, 0.4) is 0 Å². The molecule has 1 N–H and O–H groups in total. The fourth-order valence-electron chi connectivity index (χ4n) is 3.53. The van der Waals surface area contributed by atoms with Gasteiger partial charge in [-0.05, 0) is 24.8 Å². The van der Waals surface area contributed by atoms with Crippen molar-refractivity contribution in [2.45, 2.75) is 51.2 Å². The Labute approximate surface area is 136 Å². The largest absolute Gasteiger partial charge is 0.465 e.